The van der Waals surface area contributed by atoms with Crippen LogP contribution in [0.3, 0.4) is 0 Å². The van der Waals surface area contributed by atoms with Crippen molar-refractivity contribution in [1.29, 1.82) is 0 Å². The van der Waals surface area contributed by atoms with Crippen LogP contribution in [0.1, 0.15) is 16.8 Å². The van der Waals surface area contributed by atoms with Gasteiger partial charge in [0.05, 0.1) is 18.0 Å². The van der Waals surface area contributed by atoms with Crippen molar-refractivity contribution >= 4 is 37.5 Å². The Balaban J connectivity index is 1.56. The number of halogens is 1. The molecule has 0 saturated carbocycles. The standard InChI is InChI=1S/C19H21BrN2O4S/c1-21(12-13-26-18-9-5-16(20)6-10-18)19(23)15-3-7-17(8-4-15)22-11-2-14-27(22,24)25/h3-10H,2,11-14H2,1H3. The van der Waals surface area contributed by atoms with Crippen molar-refractivity contribution in [3.8, 4) is 5.75 Å². The molecule has 1 aliphatic heterocycles. The van der Waals surface area contributed by atoms with Crippen LogP contribution >= 0.6 is 15.9 Å². The van der Waals surface area contributed by atoms with Crippen molar-refractivity contribution < 1.29 is 17.9 Å². The molecule has 1 fully saturated rings. The van der Waals surface area contributed by atoms with Crippen molar-refractivity contribution in [2.75, 3.05) is 36.8 Å². The van der Waals surface area contributed by atoms with Crippen molar-refractivity contribution in [3.63, 3.8) is 0 Å². The van der Waals surface area contributed by atoms with E-state index < -0.39 is 10.0 Å². The number of carbonyl (C=O) groups is 1. The van der Waals surface area contributed by atoms with Gasteiger partial charge >= 0.3 is 0 Å². The number of sulfonamides is 1. The molecule has 1 saturated heterocycles. The zero-order chi connectivity index (χ0) is 19.4. The topological polar surface area (TPSA) is 66.9 Å². The summed E-state index contributed by atoms with van der Waals surface area (Å²) in [5, 5.41) is 0. The predicted molar refractivity (Wildman–Crippen MR) is 109 cm³/mol. The van der Waals surface area contributed by atoms with Crippen LogP contribution in [0.2, 0.25) is 0 Å². The third kappa shape index (κ3) is 4.81. The second-order valence-electron chi connectivity index (χ2n) is 6.32. The van der Waals surface area contributed by atoms with Gasteiger partial charge in [-0.1, -0.05) is 15.9 Å². The first-order valence-electron chi connectivity index (χ1n) is 8.61. The van der Waals surface area contributed by atoms with E-state index in [9.17, 15) is 13.2 Å². The fourth-order valence-corrected chi connectivity index (χ4v) is 4.68. The molecule has 0 spiro atoms. The number of rotatable bonds is 6. The van der Waals surface area contributed by atoms with Gasteiger partial charge in [-0.3, -0.25) is 9.10 Å². The lowest BCUT2D eigenvalue weighted by Gasteiger charge is -2.19. The molecular weight excluding hydrogens is 432 g/mol. The minimum Gasteiger partial charge on any atom is -0.492 e. The largest absolute Gasteiger partial charge is 0.492 e. The van der Waals surface area contributed by atoms with Gasteiger partial charge in [0.25, 0.3) is 5.91 Å². The summed E-state index contributed by atoms with van der Waals surface area (Å²) in [6.45, 7) is 1.31. The molecule has 27 heavy (non-hydrogen) atoms. The van der Waals surface area contributed by atoms with Gasteiger partial charge < -0.3 is 9.64 Å². The highest BCUT2D eigenvalue weighted by molar-refractivity contribution is 9.10. The van der Waals surface area contributed by atoms with Crippen molar-refractivity contribution in [2.24, 2.45) is 0 Å². The highest BCUT2D eigenvalue weighted by Crippen LogP contribution is 2.24. The van der Waals surface area contributed by atoms with E-state index in [1.807, 2.05) is 24.3 Å². The smallest absolute Gasteiger partial charge is 0.253 e. The lowest BCUT2D eigenvalue weighted by Crippen LogP contribution is -2.31. The molecule has 1 amide bonds. The van der Waals surface area contributed by atoms with Crippen LogP contribution in [0.15, 0.2) is 53.0 Å². The quantitative estimate of drug-likeness (QED) is 0.674. The second-order valence-corrected chi connectivity index (χ2v) is 9.25. The van der Waals surface area contributed by atoms with Crippen LogP contribution in [0.4, 0.5) is 5.69 Å². The van der Waals surface area contributed by atoms with Crippen LogP contribution < -0.4 is 9.04 Å². The normalized spacial score (nSPS) is 15.6. The van der Waals surface area contributed by atoms with Gasteiger partial charge in [0.2, 0.25) is 10.0 Å². The first-order chi connectivity index (χ1) is 12.9. The Bertz CT molecular complexity index is 898. The Hall–Kier alpha value is -2.06. The average molecular weight is 453 g/mol. The summed E-state index contributed by atoms with van der Waals surface area (Å²) in [5.41, 5.74) is 1.12. The molecule has 1 aliphatic rings. The minimum atomic E-state index is -3.21. The first kappa shape index (κ1) is 19.7. The van der Waals surface area contributed by atoms with E-state index in [1.54, 1.807) is 36.2 Å². The maximum atomic E-state index is 12.5. The number of hydrogen-bond acceptors (Lipinski definition) is 4. The van der Waals surface area contributed by atoms with Crippen LogP contribution in [0, 0.1) is 0 Å². The summed E-state index contributed by atoms with van der Waals surface area (Å²) < 4.78 is 32.0. The number of ether oxygens (including phenoxy) is 1. The van der Waals surface area contributed by atoms with E-state index in [-0.39, 0.29) is 11.7 Å². The molecular formula is C19H21BrN2O4S. The molecule has 8 heteroatoms. The van der Waals surface area contributed by atoms with Crippen molar-refractivity contribution in [1.82, 2.24) is 4.90 Å². The van der Waals surface area contributed by atoms with E-state index in [2.05, 4.69) is 15.9 Å². The Kier molecular flexibility index (Phi) is 6.06. The molecule has 0 radical (unpaired) electrons. The number of benzene rings is 2. The molecule has 0 atom stereocenters. The van der Waals surface area contributed by atoms with Gasteiger partial charge in [-0.2, -0.15) is 0 Å². The fourth-order valence-electron chi connectivity index (χ4n) is 2.85. The van der Waals surface area contributed by atoms with Crippen LogP contribution in [0.25, 0.3) is 0 Å². The maximum absolute atomic E-state index is 12.5. The maximum Gasteiger partial charge on any atom is 0.253 e. The van der Waals surface area contributed by atoms with E-state index in [0.29, 0.717) is 37.4 Å². The lowest BCUT2D eigenvalue weighted by molar-refractivity contribution is 0.0774. The predicted octanol–water partition coefficient (Wildman–Crippen LogP) is 3.14. The summed E-state index contributed by atoms with van der Waals surface area (Å²) in [6, 6.07) is 14.2. The van der Waals surface area contributed by atoms with E-state index in [0.717, 1.165) is 10.2 Å². The Morgan fingerprint density at radius 1 is 1.15 bits per heavy atom. The SMILES string of the molecule is CN(CCOc1ccc(Br)cc1)C(=O)c1ccc(N2CCCS2(=O)=O)cc1. The van der Waals surface area contributed by atoms with Crippen molar-refractivity contribution in [3.05, 3.63) is 58.6 Å². The Morgan fingerprint density at radius 3 is 2.41 bits per heavy atom. The lowest BCUT2D eigenvalue weighted by atomic mass is 10.2. The van der Waals surface area contributed by atoms with Gasteiger partial charge in [-0.25, -0.2) is 8.42 Å². The molecule has 0 aromatic heterocycles. The molecule has 0 unspecified atom stereocenters. The molecule has 0 N–H and O–H groups in total. The summed E-state index contributed by atoms with van der Waals surface area (Å²) in [7, 11) is -1.50. The molecule has 6 nitrogen and oxygen atoms in total. The number of amides is 1. The Labute approximate surface area is 167 Å². The molecule has 1 heterocycles. The molecule has 144 valence electrons. The molecule has 2 aromatic rings. The third-order valence-electron chi connectivity index (χ3n) is 4.36. The van der Waals surface area contributed by atoms with E-state index >= 15 is 0 Å². The number of nitrogens with zero attached hydrogens (tertiary/aromatic N) is 2. The molecule has 0 aliphatic carbocycles. The number of carbonyl (C=O) groups excluding carboxylic acids is 1. The number of anilines is 1. The second kappa shape index (κ2) is 8.31. The minimum absolute atomic E-state index is 0.134. The third-order valence-corrected chi connectivity index (χ3v) is 6.76. The van der Waals surface area contributed by atoms with Gasteiger partial charge in [-0.05, 0) is 55.0 Å². The number of likely N-dealkylation sites (N-methyl/N-ethyl adjacent to an activating group) is 1. The fraction of sp³-hybridized carbons (Fsp3) is 0.316. The summed E-state index contributed by atoms with van der Waals surface area (Å²) in [4.78, 5) is 14.1. The van der Waals surface area contributed by atoms with Gasteiger partial charge in [0.15, 0.2) is 0 Å². The average Bonchev–Trinajstić information content (AvgIpc) is 3.02. The van der Waals surface area contributed by atoms with Crippen LogP contribution in [0.5, 0.6) is 5.75 Å². The van der Waals surface area contributed by atoms with Gasteiger partial charge in [-0.15, -0.1) is 0 Å². The zero-order valence-electron chi connectivity index (χ0n) is 15.0. The highest BCUT2D eigenvalue weighted by Gasteiger charge is 2.28. The number of hydrogen-bond donors (Lipinski definition) is 0. The van der Waals surface area contributed by atoms with Crippen LogP contribution in [-0.2, 0) is 10.0 Å². The Morgan fingerprint density at radius 2 is 1.81 bits per heavy atom. The van der Waals surface area contributed by atoms with Crippen LogP contribution in [-0.4, -0.2) is 51.7 Å². The summed E-state index contributed by atoms with van der Waals surface area (Å²) in [6.07, 6.45) is 0.629. The van der Waals surface area contributed by atoms with E-state index in [4.69, 9.17) is 4.74 Å². The van der Waals surface area contributed by atoms with Gasteiger partial charge in [0.1, 0.15) is 12.4 Å². The molecule has 2 aromatic carbocycles. The van der Waals surface area contributed by atoms with Crippen molar-refractivity contribution in [2.45, 2.75) is 6.42 Å². The first-order valence-corrected chi connectivity index (χ1v) is 11.0. The zero-order valence-corrected chi connectivity index (χ0v) is 17.4. The van der Waals surface area contributed by atoms with Gasteiger partial charge in [0, 0.05) is 23.6 Å². The van der Waals surface area contributed by atoms with E-state index in [1.165, 1.54) is 4.31 Å². The molecule has 3 rings (SSSR count). The molecule has 0 bridgehead atoms. The summed E-state index contributed by atoms with van der Waals surface area (Å²) >= 11 is 3.37. The highest BCUT2D eigenvalue weighted by atomic mass is 79.9. The summed E-state index contributed by atoms with van der Waals surface area (Å²) in [5.74, 6) is 0.787. The monoisotopic (exact) mass is 452 g/mol.